The summed E-state index contributed by atoms with van der Waals surface area (Å²) in [6.45, 7) is 4.11. The summed E-state index contributed by atoms with van der Waals surface area (Å²) in [7, 11) is 0. The molecule has 2 N–H and O–H groups in total. The molecule has 6 heteroatoms. The molecule has 0 bridgehead atoms. The number of carbonyl (C=O) groups is 1. The molecule has 1 aromatic heterocycles. The number of anilines is 1. The molecule has 2 aromatic rings. The number of benzene rings is 1. The Kier molecular flexibility index (Phi) is 6.52. The number of ether oxygens (including phenoxy) is 1. The lowest BCUT2D eigenvalue weighted by Gasteiger charge is -2.14. The van der Waals surface area contributed by atoms with E-state index in [4.69, 9.17) is 4.74 Å². The molecular weight excluding hydrogens is 328 g/mol. The van der Waals surface area contributed by atoms with Crippen LogP contribution in [0.5, 0.6) is 5.75 Å². The lowest BCUT2D eigenvalue weighted by molar-refractivity contribution is 0.251. The zero-order valence-electron chi connectivity index (χ0n) is 15.5. The maximum absolute atomic E-state index is 12.0. The topological polar surface area (TPSA) is 68.2 Å². The van der Waals surface area contributed by atoms with Gasteiger partial charge in [0.25, 0.3) is 0 Å². The molecule has 0 radical (unpaired) electrons. The minimum atomic E-state index is -0.203. The fourth-order valence-corrected chi connectivity index (χ4v) is 3.17. The maximum Gasteiger partial charge on any atom is 0.319 e. The molecule has 0 atom stereocenters. The van der Waals surface area contributed by atoms with Gasteiger partial charge in [0, 0.05) is 17.9 Å². The maximum atomic E-state index is 12.0. The highest BCUT2D eigenvalue weighted by molar-refractivity contribution is 5.89. The third-order valence-corrected chi connectivity index (χ3v) is 4.63. The standard InChI is InChI=1S/C20H28N4O2/c1-2-3-14-26-18-10-8-17(9-11-18)23-20(25)21-12-13-24-19-7-5-4-6-16(19)15-22-24/h8-11,15H,2-7,12-14H2,1H3,(H2,21,23,25). The van der Waals surface area contributed by atoms with Crippen LogP contribution in [0, 0.1) is 0 Å². The fourth-order valence-electron chi connectivity index (χ4n) is 3.17. The number of amides is 2. The number of carbonyl (C=O) groups excluding carboxylic acids is 1. The molecule has 0 fully saturated rings. The molecular formula is C20H28N4O2. The van der Waals surface area contributed by atoms with Crippen LogP contribution in [0.3, 0.4) is 0 Å². The van der Waals surface area contributed by atoms with Gasteiger partial charge >= 0.3 is 6.03 Å². The summed E-state index contributed by atoms with van der Waals surface area (Å²) in [6, 6.07) is 7.25. The van der Waals surface area contributed by atoms with Crippen LogP contribution in [0.1, 0.15) is 43.9 Å². The van der Waals surface area contributed by atoms with E-state index in [9.17, 15) is 4.79 Å². The monoisotopic (exact) mass is 356 g/mol. The molecule has 1 aliphatic rings. The van der Waals surface area contributed by atoms with Crippen molar-refractivity contribution in [3.8, 4) is 5.75 Å². The largest absolute Gasteiger partial charge is 0.494 e. The normalized spacial score (nSPS) is 13.1. The Morgan fingerprint density at radius 3 is 2.85 bits per heavy atom. The van der Waals surface area contributed by atoms with Crippen molar-refractivity contribution in [2.24, 2.45) is 0 Å². The van der Waals surface area contributed by atoms with E-state index in [1.807, 2.05) is 35.1 Å². The average Bonchev–Trinajstić information content (AvgIpc) is 3.07. The van der Waals surface area contributed by atoms with Gasteiger partial charge in [-0.15, -0.1) is 0 Å². The quantitative estimate of drug-likeness (QED) is 0.708. The Labute approximate surface area is 154 Å². The molecule has 140 valence electrons. The van der Waals surface area contributed by atoms with Gasteiger partial charge in [-0.25, -0.2) is 4.79 Å². The first kappa shape index (κ1) is 18.3. The number of hydrogen-bond acceptors (Lipinski definition) is 3. The SMILES string of the molecule is CCCCOc1ccc(NC(=O)NCCn2ncc3c2CCCC3)cc1. The van der Waals surface area contributed by atoms with Crippen LogP contribution < -0.4 is 15.4 Å². The van der Waals surface area contributed by atoms with Gasteiger partial charge in [-0.05, 0) is 61.9 Å². The Hall–Kier alpha value is -2.50. The number of fused-ring (bicyclic) bond motifs is 1. The van der Waals surface area contributed by atoms with Crippen molar-refractivity contribution in [2.75, 3.05) is 18.5 Å². The third-order valence-electron chi connectivity index (χ3n) is 4.63. The number of rotatable bonds is 8. The summed E-state index contributed by atoms with van der Waals surface area (Å²) in [5, 5.41) is 10.2. The molecule has 26 heavy (non-hydrogen) atoms. The summed E-state index contributed by atoms with van der Waals surface area (Å²) in [5.74, 6) is 0.827. The van der Waals surface area contributed by atoms with Crippen molar-refractivity contribution in [3.05, 3.63) is 41.7 Å². The van der Waals surface area contributed by atoms with Crippen LogP contribution in [0.25, 0.3) is 0 Å². The Morgan fingerprint density at radius 1 is 1.23 bits per heavy atom. The first-order valence-electron chi connectivity index (χ1n) is 9.57. The second-order valence-corrected chi connectivity index (χ2v) is 6.65. The van der Waals surface area contributed by atoms with Crippen LogP contribution >= 0.6 is 0 Å². The summed E-state index contributed by atoms with van der Waals surface area (Å²) in [4.78, 5) is 12.0. The van der Waals surface area contributed by atoms with Crippen molar-refractivity contribution in [3.63, 3.8) is 0 Å². The number of nitrogens with one attached hydrogen (secondary N) is 2. The lowest BCUT2D eigenvalue weighted by atomic mass is 9.98. The number of hydrogen-bond donors (Lipinski definition) is 2. The van der Waals surface area contributed by atoms with E-state index >= 15 is 0 Å². The Balaban J connectivity index is 1.40. The highest BCUT2D eigenvalue weighted by atomic mass is 16.5. The van der Waals surface area contributed by atoms with Gasteiger partial charge in [0.15, 0.2) is 0 Å². The first-order chi connectivity index (χ1) is 12.8. The fraction of sp³-hybridized carbons (Fsp3) is 0.500. The molecule has 0 aliphatic heterocycles. The summed E-state index contributed by atoms with van der Waals surface area (Å²) in [5.41, 5.74) is 3.45. The number of unbranched alkanes of at least 4 members (excludes halogenated alkanes) is 1. The van der Waals surface area contributed by atoms with Crippen LogP contribution in [0.15, 0.2) is 30.5 Å². The predicted octanol–water partition coefficient (Wildman–Crippen LogP) is 3.76. The number of urea groups is 1. The Morgan fingerprint density at radius 2 is 2.04 bits per heavy atom. The molecule has 1 heterocycles. The minimum Gasteiger partial charge on any atom is -0.494 e. The van der Waals surface area contributed by atoms with E-state index in [2.05, 4.69) is 22.7 Å². The van der Waals surface area contributed by atoms with Gasteiger partial charge in [-0.1, -0.05) is 13.3 Å². The second kappa shape index (κ2) is 9.27. The molecule has 0 saturated heterocycles. The van der Waals surface area contributed by atoms with Crippen LogP contribution in [-0.2, 0) is 19.4 Å². The van der Waals surface area contributed by atoms with Crippen LogP contribution in [0.4, 0.5) is 10.5 Å². The van der Waals surface area contributed by atoms with E-state index < -0.39 is 0 Å². The van der Waals surface area contributed by atoms with E-state index in [1.54, 1.807) is 0 Å². The van der Waals surface area contributed by atoms with Crippen molar-refractivity contribution in [2.45, 2.75) is 52.0 Å². The zero-order chi connectivity index (χ0) is 18.2. The third kappa shape index (κ3) is 5.00. The molecule has 1 aliphatic carbocycles. The summed E-state index contributed by atoms with van der Waals surface area (Å²) >= 11 is 0. The Bertz CT molecular complexity index is 709. The van der Waals surface area contributed by atoms with Gasteiger partial charge < -0.3 is 15.4 Å². The number of aryl methyl sites for hydroxylation is 1. The molecule has 3 rings (SSSR count). The average molecular weight is 356 g/mol. The van der Waals surface area contributed by atoms with Crippen molar-refractivity contribution in [1.29, 1.82) is 0 Å². The molecule has 0 saturated carbocycles. The van der Waals surface area contributed by atoms with Gasteiger partial charge in [0.1, 0.15) is 5.75 Å². The smallest absolute Gasteiger partial charge is 0.319 e. The van der Waals surface area contributed by atoms with Gasteiger partial charge in [0.2, 0.25) is 0 Å². The highest BCUT2D eigenvalue weighted by Crippen LogP contribution is 2.20. The van der Waals surface area contributed by atoms with Crippen molar-refractivity contribution >= 4 is 11.7 Å². The highest BCUT2D eigenvalue weighted by Gasteiger charge is 2.14. The minimum absolute atomic E-state index is 0.203. The van der Waals surface area contributed by atoms with Gasteiger partial charge in [-0.3, -0.25) is 4.68 Å². The molecule has 1 aromatic carbocycles. The zero-order valence-corrected chi connectivity index (χ0v) is 15.5. The van der Waals surface area contributed by atoms with Crippen molar-refractivity contribution < 1.29 is 9.53 Å². The summed E-state index contributed by atoms with van der Waals surface area (Å²) in [6.07, 6.45) is 8.82. The van der Waals surface area contributed by atoms with Gasteiger partial charge in [0.05, 0.1) is 19.3 Å². The lowest BCUT2D eigenvalue weighted by Crippen LogP contribution is -2.32. The van der Waals surface area contributed by atoms with Crippen LogP contribution in [0.2, 0.25) is 0 Å². The molecule has 0 unspecified atom stereocenters. The molecule has 0 spiro atoms. The molecule has 2 amide bonds. The van der Waals surface area contributed by atoms with E-state index in [1.165, 1.54) is 24.1 Å². The van der Waals surface area contributed by atoms with Gasteiger partial charge in [-0.2, -0.15) is 5.10 Å². The molecule has 6 nitrogen and oxygen atoms in total. The second-order valence-electron chi connectivity index (χ2n) is 6.65. The summed E-state index contributed by atoms with van der Waals surface area (Å²) < 4.78 is 7.65. The van der Waals surface area contributed by atoms with E-state index in [-0.39, 0.29) is 6.03 Å². The van der Waals surface area contributed by atoms with Crippen LogP contribution in [-0.4, -0.2) is 29.0 Å². The predicted molar refractivity (Wildman–Crippen MR) is 103 cm³/mol. The number of nitrogens with zero attached hydrogens (tertiary/aromatic N) is 2. The first-order valence-corrected chi connectivity index (χ1v) is 9.57. The van der Waals surface area contributed by atoms with E-state index in [0.717, 1.165) is 43.7 Å². The van der Waals surface area contributed by atoms with E-state index in [0.29, 0.717) is 13.1 Å². The van der Waals surface area contributed by atoms with Crippen molar-refractivity contribution in [1.82, 2.24) is 15.1 Å². The number of aromatic nitrogens is 2.